The van der Waals surface area contributed by atoms with Crippen molar-refractivity contribution in [3.05, 3.63) is 29.8 Å². The van der Waals surface area contributed by atoms with E-state index in [0.29, 0.717) is 12.8 Å². The van der Waals surface area contributed by atoms with Gasteiger partial charge in [0.25, 0.3) is 0 Å². The van der Waals surface area contributed by atoms with Gasteiger partial charge in [0.15, 0.2) is 11.6 Å². The second-order valence-corrected chi connectivity index (χ2v) is 5.01. The first-order chi connectivity index (χ1) is 9.03. The molecule has 1 fully saturated rings. The lowest BCUT2D eigenvalue weighted by molar-refractivity contribution is -0.153. The molecule has 1 aromatic rings. The Morgan fingerprint density at radius 3 is 2.47 bits per heavy atom. The SMILES string of the molecule is O=C(O)C1(COc2ccc(F)c(F)c2)CCCCC1. The van der Waals surface area contributed by atoms with E-state index in [0.717, 1.165) is 31.4 Å². The minimum absolute atomic E-state index is 0.00654. The number of rotatable bonds is 4. The van der Waals surface area contributed by atoms with E-state index in [2.05, 4.69) is 0 Å². The molecule has 0 atom stereocenters. The van der Waals surface area contributed by atoms with Crippen LogP contribution in [-0.2, 0) is 4.79 Å². The van der Waals surface area contributed by atoms with Crippen molar-refractivity contribution in [2.24, 2.45) is 5.41 Å². The molecule has 5 heteroatoms. The zero-order chi connectivity index (χ0) is 13.9. The van der Waals surface area contributed by atoms with Gasteiger partial charge in [-0.05, 0) is 25.0 Å². The van der Waals surface area contributed by atoms with E-state index in [1.807, 2.05) is 0 Å². The second kappa shape index (κ2) is 5.55. The van der Waals surface area contributed by atoms with E-state index < -0.39 is 23.0 Å². The summed E-state index contributed by atoms with van der Waals surface area (Å²) in [6.45, 7) is -0.00654. The highest BCUT2D eigenvalue weighted by molar-refractivity contribution is 5.75. The summed E-state index contributed by atoms with van der Waals surface area (Å²) in [5.41, 5.74) is -0.900. The number of ether oxygens (including phenoxy) is 1. The molecule has 1 aromatic carbocycles. The van der Waals surface area contributed by atoms with E-state index in [9.17, 15) is 18.7 Å². The molecule has 19 heavy (non-hydrogen) atoms. The Kier molecular flexibility index (Phi) is 4.02. The molecular weight excluding hydrogens is 254 g/mol. The second-order valence-electron chi connectivity index (χ2n) is 5.01. The van der Waals surface area contributed by atoms with Gasteiger partial charge in [-0.3, -0.25) is 4.79 Å². The quantitative estimate of drug-likeness (QED) is 0.912. The van der Waals surface area contributed by atoms with Gasteiger partial charge in [-0.2, -0.15) is 0 Å². The number of halogens is 2. The highest BCUT2D eigenvalue weighted by Gasteiger charge is 2.40. The van der Waals surface area contributed by atoms with Crippen LogP contribution in [-0.4, -0.2) is 17.7 Å². The lowest BCUT2D eigenvalue weighted by atomic mass is 9.75. The van der Waals surface area contributed by atoms with Crippen molar-refractivity contribution in [3.8, 4) is 5.75 Å². The number of hydrogen-bond acceptors (Lipinski definition) is 2. The minimum Gasteiger partial charge on any atom is -0.492 e. The van der Waals surface area contributed by atoms with Crippen LogP contribution >= 0.6 is 0 Å². The third-order valence-corrected chi connectivity index (χ3v) is 3.67. The molecule has 0 amide bonds. The van der Waals surface area contributed by atoms with Gasteiger partial charge < -0.3 is 9.84 Å². The van der Waals surface area contributed by atoms with Gasteiger partial charge in [0.2, 0.25) is 0 Å². The maximum Gasteiger partial charge on any atom is 0.313 e. The van der Waals surface area contributed by atoms with Gasteiger partial charge in [0.1, 0.15) is 17.8 Å². The molecule has 0 aromatic heterocycles. The molecule has 0 unspecified atom stereocenters. The van der Waals surface area contributed by atoms with Crippen LogP contribution in [0.1, 0.15) is 32.1 Å². The maximum absolute atomic E-state index is 13.0. The predicted octanol–water partition coefficient (Wildman–Crippen LogP) is 3.38. The fourth-order valence-corrected chi connectivity index (χ4v) is 2.44. The fourth-order valence-electron chi connectivity index (χ4n) is 2.44. The molecule has 0 heterocycles. The standard InChI is InChI=1S/C14H16F2O3/c15-11-5-4-10(8-12(11)16)19-9-14(13(17)18)6-2-1-3-7-14/h4-5,8H,1-3,6-7,9H2,(H,17,18). The summed E-state index contributed by atoms with van der Waals surface area (Å²) < 4.78 is 31.2. The van der Waals surface area contributed by atoms with Crippen molar-refractivity contribution < 1.29 is 23.4 Å². The van der Waals surface area contributed by atoms with Crippen molar-refractivity contribution in [2.75, 3.05) is 6.61 Å². The molecule has 0 radical (unpaired) electrons. The Balaban J connectivity index is 2.06. The first-order valence-corrected chi connectivity index (χ1v) is 6.35. The molecule has 104 valence electrons. The smallest absolute Gasteiger partial charge is 0.313 e. The first kappa shape index (κ1) is 13.8. The summed E-state index contributed by atoms with van der Waals surface area (Å²) in [5.74, 6) is -2.66. The number of carbonyl (C=O) groups is 1. The summed E-state index contributed by atoms with van der Waals surface area (Å²) >= 11 is 0. The van der Waals surface area contributed by atoms with Crippen molar-refractivity contribution >= 4 is 5.97 Å². The van der Waals surface area contributed by atoms with Crippen LogP contribution in [0.2, 0.25) is 0 Å². The van der Waals surface area contributed by atoms with Crippen molar-refractivity contribution in [1.82, 2.24) is 0 Å². The van der Waals surface area contributed by atoms with Crippen LogP contribution in [0.15, 0.2) is 18.2 Å². The Bertz CT molecular complexity index is 468. The van der Waals surface area contributed by atoms with Gasteiger partial charge in [-0.15, -0.1) is 0 Å². The van der Waals surface area contributed by atoms with E-state index in [4.69, 9.17) is 4.74 Å². The molecule has 0 spiro atoms. The third-order valence-electron chi connectivity index (χ3n) is 3.67. The summed E-state index contributed by atoms with van der Waals surface area (Å²) in [6.07, 6.45) is 3.86. The van der Waals surface area contributed by atoms with Crippen molar-refractivity contribution in [2.45, 2.75) is 32.1 Å². The lowest BCUT2D eigenvalue weighted by Crippen LogP contribution is -2.39. The molecule has 0 saturated heterocycles. The molecule has 0 aliphatic heterocycles. The van der Waals surface area contributed by atoms with Crippen LogP contribution in [0, 0.1) is 17.0 Å². The zero-order valence-corrected chi connectivity index (χ0v) is 10.5. The maximum atomic E-state index is 13.0. The minimum atomic E-state index is -0.995. The molecule has 0 bridgehead atoms. The normalized spacial score (nSPS) is 18.0. The van der Waals surface area contributed by atoms with E-state index >= 15 is 0 Å². The summed E-state index contributed by atoms with van der Waals surface area (Å²) in [4.78, 5) is 11.4. The molecule has 1 N–H and O–H groups in total. The van der Waals surface area contributed by atoms with Crippen molar-refractivity contribution in [1.29, 1.82) is 0 Å². The summed E-state index contributed by atoms with van der Waals surface area (Å²) in [5, 5.41) is 9.35. The van der Waals surface area contributed by atoms with E-state index in [1.165, 1.54) is 6.07 Å². The monoisotopic (exact) mass is 270 g/mol. The third kappa shape index (κ3) is 3.03. The Morgan fingerprint density at radius 1 is 1.21 bits per heavy atom. The number of carboxylic acids is 1. The van der Waals surface area contributed by atoms with E-state index in [1.54, 1.807) is 0 Å². The summed E-state index contributed by atoms with van der Waals surface area (Å²) in [6, 6.07) is 3.21. The molecule has 1 aliphatic rings. The van der Waals surface area contributed by atoms with Gasteiger partial charge in [0, 0.05) is 6.07 Å². The molecule has 3 nitrogen and oxygen atoms in total. The largest absolute Gasteiger partial charge is 0.492 e. The van der Waals surface area contributed by atoms with Gasteiger partial charge in [-0.1, -0.05) is 19.3 Å². The van der Waals surface area contributed by atoms with E-state index in [-0.39, 0.29) is 12.4 Å². The number of hydrogen-bond donors (Lipinski definition) is 1. The van der Waals surface area contributed by atoms with Gasteiger partial charge >= 0.3 is 5.97 Å². The Hall–Kier alpha value is -1.65. The van der Waals surface area contributed by atoms with Crippen molar-refractivity contribution in [3.63, 3.8) is 0 Å². The molecule has 2 rings (SSSR count). The number of carboxylic acid groups (broad SMARTS) is 1. The van der Waals surface area contributed by atoms with Crippen LogP contribution in [0.3, 0.4) is 0 Å². The topological polar surface area (TPSA) is 46.5 Å². The zero-order valence-electron chi connectivity index (χ0n) is 10.5. The fraction of sp³-hybridized carbons (Fsp3) is 0.500. The first-order valence-electron chi connectivity index (χ1n) is 6.35. The highest BCUT2D eigenvalue weighted by atomic mass is 19.2. The van der Waals surface area contributed by atoms with Gasteiger partial charge in [0.05, 0.1) is 0 Å². The number of benzene rings is 1. The van der Waals surface area contributed by atoms with Gasteiger partial charge in [-0.25, -0.2) is 8.78 Å². The van der Waals surface area contributed by atoms with Crippen LogP contribution in [0.25, 0.3) is 0 Å². The lowest BCUT2D eigenvalue weighted by Gasteiger charge is -2.32. The molecule has 1 aliphatic carbocycles. The summed E-state index contributed by atoms with van der Waals surface area (Å²) in [7, 11) is 0. The van der Waals surface area contributed by atoms with Crippen LogP contribution < -0.4 is 4.74 Å². The average Bonchev–Trinajstić information content (AvgIpc) is 2.41. The average molecular weight is 270 g/mol. The molecule has 1 saturated carbocycles. The highest BCUT2D eigenvalue weighted by Crippen LogP contribution is 2.37. The Labute approximate surface area is 110 Å². The van der Waals surface area contributed by atoms with Crippen LogP contribution in [0.5, 0.6) is 5.75 Å². The van der Waals surface area contributed by atoms with Crippen LogP contribution in [0.4, 0.5) is 8.78 Å². The predicted molar refractivity (Wildman–Crippen MR) is 65.0 cm³/mol. The number of aliphatic carboxylic acids is 1. The Morgan fingerprint density at radius 2 is 1.89 bits per heavy atom. The molecular formula is C14H16F2O3.